The van der Waals surface area contributed by atoms with Gasteiger partial charge in [0.25, 0.3) is 5.91 Å². The molecule has 0 spiro atoms. The minimum atomic E-state index is -0.778. The van der Waals surface area contributed by atoms with Crippen LogP contribution in [0.15, 0.2) is 48.5 Å². The fourth-order valence-electron chi connectivity index (χ4n) is 5.58. The zero-order valence-electron chi connectivity index (χ0n) is 19.1. The third-order valence-corrected chi connectivity index (χ3v) is 8.56. The maximum Gasteiger partial charge on any atom is 0.338 e. The van der Waals surface area contributed by atoms with Crippen LogP contribution in [0.2, 0.25) is 0 Å². The molecule has 0 radical (unpaired) electrons. The van der Waals surface area contributed by atoms with Gasteiger partial charge in [0.15, 0.2) is 12.4 Å². The number of imide groups is 1. The fourth-order valence-corrected chi connectivity index (χ4v) is 6.47. The van der Waals surface area contributed by atoms with E-state index >= 15 is 0 Å². The van der Waals surface area contributed by atoms with Crippen LogP contribution >= 0.6 is 23.2 Å². The lowest BCUT2D eigenvalue weighted by Gasteiger charge is -2.28. The number of hydrogen-bond donors (Lipinski definition) is 1. The number of halogens is 2. The van der Waals surface area contributed by atoms with Crippen molar-refractivity contribution in [2.24, 2.45) is 23.7 Å². The number of esters is 1. The van der Waals surface area contributed by atoms with Crippen molar-refractivity contribution in [3.8, 4) is 0 Å². The van der Waals surface area contributed by atoms with Gasteiger partial charge in [-0.3, -0.25) is 24.1 Å². The zero-order valence-corrected chi connectivity index (χ0v) is 20.7. The van der Waals surface area contributed by atoms with Crippen LogP contribution in [0.1, 0.15) is 34.1 Å². The van der Waals surface area contributed by atoms with Crippen LogP contribution in [0.25, 0.3) is 0 Å². The van der Waals surface area contributed by atoms with Crippen molar-refractivity contribution in [1.29, 1.82) is 0 Å². The second-order valence-electron chi connectivity index (χ2n) is 9.32. The number of carbonyl (C=O) groups is 5. The molecule has 10 heteroatoms. The lowest BCUT2D eigenvalue weighted by molar-refractivity contribution is -0.123. The standard InChI is InChI=1S/C26H22Cl2N2O6/c1-12(31)13-5-7-15(8-6-13)29-19(32)11-36-26(35)14-3-2-4-16(9-14)30-24(33)20-17-10-18(21(20)25(30)34)23(28)22(17)27/h2-9,17-18,20-23H,10-11H2,1H3,(H,29,32)/t17-,18-,20-,21+,22-,23+/m1/s1. The van der Waals surface area contributed by atoms with E-state index in [0.29, 0.717) is 17.7 Å². The number of nitrogens with zero attached hydrogens (tertiary/aromatic N) is 1. The molecule has 1 aliphatic heterocycles. The molecule has 1 heterocycles. The predicted octanol–water partition coefficient (Wildman–Crippen LogP) is 3.65. The summed E-state index contributed by atoms with van der Waals surface area (Å²) in [7, 11) is 0. The van der Waals surface area contributed by atoms with Gasteiger partial charge in [-0.2, -0.15) is 0 Å². The topological polar surface area (TPSA) is 110 Å². The molecule has 2 aromatic carbocycles. The van der Waals surface area contributed by atoms with Crippen molar-refractivity contribution >= 4 is 64.1 Å². The van der Waals surface area contributed by atoms with Crippen LogP contribution in [0.3, 0.4) is 0 Å². The average Bonchev–Trinajstić information content (AvgIpc) is 3.47. The minimum Gasteiger partial charge on any atom is -0.452 e. The number of ether oxygens (including phenoxy) is 1. The number of carbonyl (C=O) groups excluding carboxylic acids is 5. The molecular formula is C26H22Cl2N2O6. The first-order valence-corrected chi connectivity index (χ1v) is 12.4. The third kappa shape index (κ3) is 4.08. The van der Waals surface area contributed by atoms with Crippen LogP contribution in [0.4, 0.5) is 11.4 Å². The first-order valence-electron chi connectivity index (χ1n) is 11.5. The molecule has 0 aromatic heterocycles. The molecule has 8 nitrogen and oxygen atoms in total. The van der Waals surface area contributed by atoms with E-state index in [0.717, 1.165) is 4.90 Å². The average molecular weight is 529 g/mol. The summed E-state index contributed by atoms with van der Waals surface area (Å²) in [5, 5.41) is 1.87. The van der Waals surface area contributed by atoms with Gasteiger partial charge in [0.2, 0.25) is 11.8 Å². The Morgan fingerprint density at radius 3 is 2.14 bits per heavy atom. The number of Topliss-reactive ketones (excluding diaryl/α,β-unsaturated/α-hetero) is 1. The van der Waals surface area contributed by atoms with Gasteiger partial charge in [0, 0.05) is 11.3 Å². The highest BCUT2D eigenvalue weighted by atomic mass is 35.5. The number of anilines is 2. The van der Waals surface area contributed by atoms with Gasteiger partial charge in [-0.15, -0.1) is 23.2 Å². The van der Waals surface area contributed by atoms with Gasteiger partial charge in [-0.25, -0.2) is 4.79 Å². The number of benzene rings is 2. The molecule has 1 saturated heterocycles. The van der Waals surface area contributed by atoms with Crippen molar-refractivity contribution in [1.82, 2.24) is 0 Å². The number of fused-ring (bicyclic) bond motifs is 5. The summed E-state index contributed by atoms with van der Waals surface area (Å²) in [5.74, 6) is -3.36. The monoisotopic (exact) mass is 528 g/mol. The van der Waals surface area contributed by atoms with Crippen LogP contribution in [0, 0.1) is 23.7 Å². The van der Waals surface area contributed by atoms with Crippen molar-refractivity contribution in [3.63, 3.8) is 0 Å². The summed E-state index contributed by atoms with van der Waals surface area (Å²) in [4.78, 5) is 63.6. The molecule has 6 atom stereocenters. The molecule has 3 fully saturated rings. The third-order valence-electron chi connectivity index (χ3n) is 7.24. The molecule has 3 aliphatic rings. The molecule has 1 N–H and O–H groups in total. The molecule has 36 heavy (non-hydrogen) atoms. The van der Waals surface area contributed by atoms with Gasteiger partial charge in [0.05, 0.1) is 33.8 Å². The molecule has 3 amide bonds. The van der Waals surface area contributed by atoms with Crippen molar-refractivity contribution in [2.45, 2.75) is 24.1 Å². The van der Waals surface area contributed by atoms with Crippen molar-refractivity contribution < 1.29 is 28.7 Å². The number of rotatable bonds is 6. The Labute approximate surface area is 216 Å². The Hall–Kier alpha value is -3.23. The number of nitrogens with one attached hydrogen (secondary N) is 1. The van der Waals surface area contributed by atoms with Gasteiger partial charge in [-0.05, 0) is 67.6 Å². The molecule has 0 unspecified atom stereocenters. The predicted molar refractivity (Wildman–Crippen MR) is 132 cm³/mol. The highest BCUT2D eigenvalue weighted by molar-refractivity contribution is 6.32. The maximum absolute atomic E-state index is 13.2. The first-order chi connectivity index (χ1) is 17.2. The van der Waals surface area contributed by atoms with E-state index < -0.39 is 30.3 Å². The quantitative estimate of drug-likeness (QED) is 0.265. The van der Waals surface area contributed by atoms with Gasteiger partial charge in [-0.1, -0.05) is 6.07 Å². The Balaban J connectivity index is 1.23. The molecule has 186 valence electrons. The molecule has 2 aliphatic carbocycles. The lowest BCUT2D eigenvalue weighted by Crippen LogP contribution is -2.37. The van der Waals surface area contributed by atoms with E-state index in [2.05, 4.69) is 5.32 Å². The Bertz CT molecular complexity index is 1250. The van der Waals surface area contributed by atoms with E-state index in [9.17, 15) is 24.0 Å². The Morgan fingerprint density at radius 2 is 1.56 bits per heavy atom. The fraction of sp³-hybridized carbons (Fsp3) is 0.346. The number of ketones is 1. The SMILES string of the molecule is CC(=O)c1ccc(NC(=O)COC(=O)c2cccc(N3C(=O)[C@@H]4[C@H]5C[C@@H]([C@H](Cl)[C@@H]5Cl)[C@@H]4C3=O)c2)cc1. The molecule has 2 aromatic rings. The van der Waals surface area contributed by atoms with E-state index in [1.165, 1.54) is 19.1 Å². The van der Waals surface area contributed by atoms with Crippen LogP contribution < -0.4 is 10.2 Å². The lowest BCUT2D eigenvalue weighted by atomic mass is 9.80. The van der Waals surface area contributed by atoms with Gasteiger partial charge < -0.3 is 10.1 Å². The first kappa shape index (κ1) is 24.5. The summed E-state index contributed by atoms with van der Waals surface area (Å²) >= 11 is 12.8. The van der Waals surface area contributed by atoms with E-state index in [4.69, 9.17) is 27.9 Å². The second kappa shape index (κ2) is 9.33. The molecule has 5 rings (SSSR count). The number of hydrogen-bond acceptors (Lipinski definition) is 6. The summed E-state index contributed by atoms with van der Waals surface area (Å²) < 4.78 is 5.11. The van der Waals surface area contributed by atoms with Gasteiger partial charge in [0.1, 0.15) is 0 Å². The van der Waals surface area contributed by atoms with E-state index in [1.54, 1.807) is 36.4 Å². The molecule has 2 saturated carbocycles. The van der Waals surface area contributed by atoms with Crippen LogP contribution in [0.5, 0.6) is 0 Å². The Morgan fingerprint density at radius 1 is 0.944 bits per heavy atom. The summed E-state index contributed by atoms with van der Waals surface area (Å²) in [5.41, 5.74) is 1.32. The smallest absolute Gasteiger partial charge is 0.338 e. The maximum atomic E-state index is 13.2. The van der Waals surface area contributed by atoms with E-state index in [-0.39, 0.29) is 51.4 Å². The summed E-state index contributed by atoms with van der Waals surface area (Å²) in [6.07, 6.45) is 0.665. The van der Waals surface area contributed by atoms with E-state index in [1.807, 2.05) is 0 Å². The Kier molecular flexibility index (Phi) is 6.34. The van der Waals surface area contributed by atoms with Crippen LogP contribution in [-0.2, 0) is 19.1 Å². The molecular weight excluding hydrogens is 507 g/mol. The van der Waals surface area contributed by atoms with Crippen molar-refractivity contribution in [2.75, 3.05) is 16.8 Å². The minimum absolute atomic E-state index is 0.0941. The largest absolute Gasteiger partial charge is 0.452 e. The zero-order chi connectivity index (χ0) is 25.7. The summed E-state index contributed by atoms with van der Waals surface area (Å²) in [6, 6.07) is 12.3. The van der Waals surface area contributed by atoms with Gasteiger partial charge >= 0.3 is 5.97 Å². The number of amides is 3. The molecule has 2 bridgehead atoms. The second-order valence-corrected chi connectivity index (χ2v) is 10.3. The van der Waals surface area contributed by atoms with Crippen molar-refractivity contribution in [3.05, 3.63) is 59.7 Å². The number of alkyl halides is 2. The highest BCUT2D eigenvalue weighted by Crippen LogP contribution is 2.59. The highest BCUT2D eigenvalue weighted by Gasteiger charge is 2.66. The summed E-state index contributed by atoms with van der Waals surface area (Å²) in [6.45, 7) is 0.901. The van der Waals surface area contributed by atoms with Crippen LogP contribution in [-0.4, -0.2) is 46.8 Å². The normalized spacial score (nSPS) is 28.2.